The highest BCUT2D eigenvalue weighted by molar-refractivity contribution is 5.45. The van der Waals surface area contributed by atoms with Gasteiger partial charge in [-0.15, -0.1) is 0 Å². The molecule has 1 saturated carbocycles. The number of ether oxygens (including phenoxy) is 1. The third kappa shape index (κ3) is 2.72. The zero-order valence-electron chi connectivity index (χ0n) is 10.8. The number of hydrogen-bond donors (Lipinski definition) is 2. The molecule has 1 unspecified atom stereocenters. The topological polar surface area (TPSA) is 41.5 Å². The standard InChI is InChI=1S/C14H21NO2/c1-4-17-11-7-5-6-10(13(11)16)9-15-12-8-14(12,2)3/h5-7,12,15-16H,4,8-9H2,1-3H3. The van der Waals surface area contributed by atoms with E-state index in [0.717, 1.165) is 5.56 Å². The molecule has 3 heteroatoms. The van der Waals surface area contributed by atoms with Crippen LogP contribution in [0.3, 0.4) is 0 Å². The first kappa shape index (κ1) is 12.2. The van der Waals surface area contributed by atoms with Crippen LogP contribution in [0.2, 0.25) is 0 Å². The van der Waals surface area contributed by atoms with Gasteiger partial charge in [0.2, 0.25) is 0 Å². The molecule has 17 heavy (non-hydrogen) atoms. The Bertz CT molecular complexity index is 401. The van der Waals surface area contributed by atoms with Crippen molar-refractivity contribution in [2.45, 2.75) is 39.8 Å². The Morgan fingerprint density at radius 2 is 2.18 bits per heavy atom. The van der Waals surface area contributed by atoms with Gasteiger partial charge in [0, 0.05) is 18.2 Å². The minimum absolute atomic E-state index is 0.264. The van der Waals surface area contributed by atoms with Crippen LogP contribution in [0.4, 0.5) is 0 Å². The maximum absolute atomic E-state index is 10.0. The van der Waals surface area contributed by atoms with Crippen LogP contribution in [0.15, 0.2) is 18.2 Å². The molecule has 2 rings (SSSR count). The van der Waals surface area contributed by atoms with Gasteiger partial charge in [-0.25, -0.2) is 0 Å². The molecular formula is C14H21NO2. The quantitative estimate of drug-likeness (QED) is 0.824. The molecule has 0 radical (unpaired) electrons. The Hall–Kier alpha value is -1.22. The molecule has 0 aliphatic heterocycles. The number of phenols is 1. The molecule has 0 bridgehead atoms. The monoisotopic (exact) mass is 235 g/mol. The van der Waals surface area contributed by atoms with E-state index in [-0.39, 0.29) is 5.75 Å². The van der Waals surface area contributed by atoms with E-state index >= 15 is 0 Å². The zero-order valence-corrected chi connectivity index (χ0v) is 10.8. The lowest BCUT2D eigenvalue weighted by Crippen LogP contribution is -2.20. The fourth-order valence-corrected chi connectivity index (χ4v) is 2.03. The predicted molar refractivity (Wildman–Crippen MR) is 68.3 cm³/mol. The second-order valence-electron chi connectivity index (χ2n) is 5.32. The predicted octanol–water partition coefficient (Wildman–Crippen LogP) is 2.68. The number of hydrogen-bond acceptors (Lipinski definition) is 3. The highest BCUT2D eigenvalue weighted by Crippen LogP contribution is 2.44. The van der Waals surface area contributed by atoms with Crippen LogP contribution < -0.4 is 10.1 Å². The van der Waals surface area contributed by atoms with E-state index in [0.29, 0.717) is 30.4 Å². The summed E-state index contributed by atoms with van der Waals surface area (Å²) in [5, 5.41) is 13.5. The second kappa shape index (κ2) is 4.57. The van der Waals surface area contributed by atoms with Crippen LogP contribution in [0, 0.1) is 5.41 Å². The SMILES string of the molecule is CCOc1cccc(CNC2CC2(C)C)c1O. The lowest BCUT2D eigenvalue weighted by Gasteiger charge is -2.11. The number of aromatic hydroxyl groups is 1. The van der Waals surface area contributed by atoms with E-state index in [1.807, 2.05) is 19.1 Å². The number of para-hydroxylation sites is 1. The van der Waals surface area contributed by atoms with Crippen molar-refractivity contribution in [2.75, 3.05) is 6.61 Å². The fraction of sp³-hybridized carbons (Fsp3) is 0.571. The number of benzene rings is 1. The van der Waals surface area contributed by atoms with E-state index in [1.54, 1.807) is 6.07 Å². The Morgan fingerprint density at radius 3 is 2.76 bits per heavy atom. The van der Waals surface area contributed by atoms with Crippen LogP contribution in [-0.4, -0.2) is 17.8 Å². The normalized spacial score (nSPS) is 21.2. The van der Waals surface area contributed by atoms with Crippen molar-refractivity contribution < 1.29 is 9.84 Å². The zero-order chi connectivity index (χ0) is 12.5. The lowest BCUT2D eigenvalue weighted by atomic mass is 10.1. The van der Waals surface area contributed by atoms with Gasteiger partial charge in [0.1, 0.15) is 0 Å². The summed E-state index contributed by atoms with van der Waals surface area (Å²) in [5.74, 6) is 0.835. The Labute approximate surface area is 103 Å². The number of phenolic OH excluding ortho intramolecular Hbond substituents is 1. The molecule has 1 aromatic carbocycles. The molecule has 0 saturated heterocycles. The van der Waals surface area contributed by atoms with E-state index in [4.69, 9.17) is 4.74 Å². The first-order chi connectivity index (χ1) is 8.04. The van der Waals surface area contributed by atoms with Crippen LogP contribution in [0.5, 0.6) is 11.5 Å². The molecule has 1 aromatic rings. The molecule has 2 N–H and O–H groups in total. The number of rotatable bonds is 5. The van der Waals surface area contributed by atoms with E-state index < -0.39 is 0 Å². The number of nitrogens with one attached hydrogen (secondary N) is 1. The summed E-state index contributed by atoms with van der Waals surface area (Å²) in [6, 6.07) is 6.21. The molecule has 0 heterocycles. The summed E-state index contributed by atoms with van der Waals surface area (Å²) in [6.07, 6.45) is 1.21. The van der Waals surface area contributed by atoms with Crippen molar-refractivity contribution in [3.63, 3.8) is 0 Å². The van der Waals surface area contributed by atoms with Crippen molar-refractivity contribution in [3.8, 4) is 11.5 Å². The summed E-state index contributed by atoms with van der Waals surface area (Å²) in [7, 11) is 0. The molecular weight excluding hydrogens is 214 g/mol. The smallest absolute Gasteiger partial charge is 0.162 e. The minimum atomic E-state index is 0.264. The molecule has 1 aliphatic rings. The Balaban J connectivity index is 1.98. The van der Waals surface area contributed by atoms with Gasteiger partial charge in [0.05, 0.1) is 6.61 Å². The molecule has 3 nitrogen and oxygen atoms in total. The molecule has 0 amide bonds. The van der Waals surface area contributed by atoms with Gasteiger partial charge in [-0.2, -0.15) is 0 Å². The van der Waals surface area contributed by atoms with Gasteiger partial charge in [-0.05, 0) is 24.8 Å². The largest absolute Gasteiger partial charge is 0.504 e. The van der Waals surface area contributed by atoms with Crippen molar-refractivity contribution >= 4 is 0 Å². The highest BCUT2D eigenvalue weighted by Gasteiger charge is 2.45. The third-order valence-corrected chi connectivity index (χ3v) is 3.43. The molecule has 1 atom stereocenters. The summed E-state index contributed by atoms with van der Waals surface area (Å²) < 4.78 is 5.36. The van der Waals surface area contributed by atoms with Crippen molar-refractivity contribution in [3.05, 3.63) is 23.8 Å². The maximum atomic E-state index is 10.0. The third-order valence-electron chi connectivity index (χ3n) is 3.43. The minimum Gasteiger partial charge on any atom is -0.504 e. The summed E-state index contributed by atoms with van der Waals surface area (Å²) in [6.45, 7) is 7.68. The first-order valence-electron chi connectivity index (χ1n) is 6.21. The van der Waals surface area contributed by atoms with Crippen molar-refractivity contribution in [1.82, 2.24) is 5.32 Å². The summed E-state index contributed by atoms with van der Waals surface area (Å²) in [5.41, 5.74) is 1.31. The molecule has 0 aromatic heterocycles. The van der Waals surface area contributed by atoms with Crippen LogP contribution in [0.1, 0.15) is 32.8 Å². The second-order valence-corrected chi connectivity index (χ2v) is 5.32. The van der Waals surface area contributed by atoms with Crippen LogP contribution in [0.25, 0.3) is 0 Å². The maximum Gasteiger partial charge on any atom is 0.162 e. The summed E-state index contributed by atoms with van der Waals surface area (Å²) >= 11 is 0. The molecule has 94 valence electrons. The van der Waals surface area contributed by atoms with E-state index in [9.17, 15) is 5.11 Å². The molecule has 1 fully saturated rings. The van der Waals surface area contributed by atoms with Crippen LogP contribution >= 0.6 is 0 Å². The average Bonchev–Trinajstić information content (AvgIpc) is 2.88. The van der Waals surface area contributed by atoms with E-state index in [1.165, 1.54) is 6.42 Å². The van der Waals surface area contributed by atoms with Gasteiger partial charge < -0.3 is 15.2 Å². The van der Waals surface area contributed by atoms with Gasteiger partial charge in [-0.1, -0.05) is 26.0 Å². The average molecular weight is 235 g/mol. The van der Waals surface area contributed by atoms with Crippen molar-refractivity contribution in [2.24, 2.45) is 5.41 Å². The summed E-state index contributed by atoms with van der Waals surface area (Å²) in [4.78, 5) is 0. The highest BCUT2D eigenvalue weighted by atomic mass is 16.5. The van der Waals surface area contributed by atoms with Crippen molar-refractivity contribution in [1.29, 1.82) is 0 Å². The Kier molecular flexibility index (Phi) is 3.29. The van der Waals surface area contributed by atoms with Gasteiger partial charge in [0.15, 0.2) is 11.5 Å². The van der Waals surface area contributed by atoms with Gasteiger partial charge in [0.25, 0.3) is 0 Å². The van der Waals surface area contributed by atoms with Crippen LogP contribution in [-0.2, 0) is 6.54 Å². The van der Waals surface area contributed by atoms with Gasteiger partial charge >= 0.3 is 0 Å². The lowest BCUT2D eigenvalue weighted by molar-refractivity contribution is 0.316. The molecule has 0 spiro atoms. The van der Waals surface area contributed by atoms with E-state index in [2.05, 4.69) is 19.2 Å². The fourth-order valence-electron chi connectivity index (χ4n) is 2.03. The van der Waals surface area contributed by atoms with Gasteiger partial charge in [-0.3, -0.25) is 0 Å². The molecule has 1 aliphatic carbocycles. The Morgan fingerprint density at radius 1 is 1.47 bits per heavy atom. The first-order valence-corrected chi connectivity index (χ1v) is 6.21.